The molecule has 0 unspecified atom stereocenters. The molecule has 0 heterocycles. The molecule has 0 aliphatic heterocycles. The largest absolute Gasteiger partial charge is 0.493 e. The van der Waals surface area contributed by atoms with E-state index >= 15 is 0 Å². The van der Waals surface area contributed by atoms with E-state index in [1.165, 1.54) is 0 Å². The zero-order valence-electron chi connectivity index (χ0n) is 11.5. The van der Waals surface area contributed by atoms with E-state index in [2.05, 4.69) is 22.0 Å². The highest BCUT2D eigenvalue weighted by Crippen LogP contribution is 2.36. The molecule has 0 saturated carbocycles. The number of rotatable bonds is 5. The van der Waals surface area contributed by atoms with E-state index in [-0.39, 0.29) is 0 Å². The fourth-order valence-corrected chi connectivity index (χ4v) is 2.36. The third-order valence-electron chi connectivity index (χ3n) is 2.79. The molecule has 21 heavy (non-hydrogen) atoms. The number of nitrogens with zero attached hydrogens (tertiary/aromatic N) is 1. The van der Waals surface area contributed by atoms with Crippen molar-refractivity contribution in [3.63, 3.8) is 0 Å². The molecule has 2 aromatic rings. The molecular weight excluding hydrogens is 330 g/mol. The molecule has 3 nitrogen and oxygen atoms in total. The minimum atomic E-state index is 0.412. The van der Waals surface area contributed by atoms with Gasteiger partial charge >= 0.3 is 0 Å². The van der Waals surface area contributed by atoms with Crippen LogP contribution in [0.25, 0.3) is 6.08 Å². The average Bonchev–Trinajstić information content (AvgIpc) is 2.53. The van der Waals surface area contributed by atoms with Gasteiger partial charge in [0.2, 0.25) is 0 Å². The summed E-state index contributed by atoms with van der Waals surface area (Å²) in [6, 6.07) is 15.4. The number of hydrogen-bond donors (Lipinski definition) is 0. The Bertz CT molecular complexity index is 675. The van der Waals surface area contributed by atoms with Crippen LogP contribution >= 0.6 is 15.9 Å². The van der Waals surface area contributed by atoms with E-state index in [4.69, 9.17) is 14.7 Å². The number of hydrogen-bond acceptors (Lipinski definition) is 3. The summed E-state index contributed by atoms with van der Waals surface area (Å²) in [5.74, 6) is 1.13. The summed E-state index contributed by atoms with van der Waals surface area (Å²) in [6.45, 7) is 0.412. The summed E-state index contributed by atoms with van der Waals surface area (Å²) in [4.78, 5) is 0. The van der Waals surface area contributed by atoms with Gasteiger partial charge in [-0.1, -0.05) is 36.4 Å². The summed E-state index contributed by atoms with van der Waals surface area (Å²) < 4.78 is 11.7. The van der Waals surface area contributed by atoms with Gasteiger partial charge in [-0.05, 0) is 33.6 Å². The van der Waals surface area contributed by atoms with Gasteiger partial charge in [0.25, 0.3) is 0 Å². The number of ether oxygens (including phenoxy) is 2. The lowest BCUT2D eigenvalue weighted by Gasteiger charge is -2.11. The maximum atomic E-state index is 8.93. The summed E-state index contributed by atoms with van der Waals surface area (Å²) in [7, 11) is 1.55. The molecule has 0 radical (unpaired) electrons. The molecule has 2 rings (SSSR count). The van der Waals surface area contributed by atoms with Gasteiger partial charge in [-0.15, -0.1) is 0 Å². The Hall–Kier alpha value is -2.25. The van der Waals surface area contributed by atoms with Crippen LogP contribution in [0, 0.1) is 11.3 Å². The number of methoxy groups -OCH3 is 1. The Morgan fingerprint density at radius 2 is 2.00 bits per heavy atom. The van der Waals surface area contributed by atoms with Crippen LogP contribution < -0.4 is 9.47 Å². The lowest BCUT2D eigenvalue weighted by atomic mass is 10.2. The molecular formula is C17H14BrNO2. The zero-order chi connectivity index (χ0) is 15.1. The molecule has 0 bridgehead atoms. The van der Waals surface area contributed by atoms with Gasteiger partial charge in [0, 0.05) is 6.07 Å². The van der Waals surface area contributed by atoms with Gasteiger partial charge in [-0.3, -0.25) is 0 Å². The van der Waals surface area contributed by atoms with Crippen LogP contribution in [0.1, 0.15) is 11.1 Å². The monoisotopic (exact) mass is 343 g/mol. The Kier molecular flexibility index (Phi) is 5.42. The zero-order valence-corrected chi connectivity index (χ0v) is 13.1. The standard InChI is InChI=1S/C17H14BrNO2/c1-20-16-11-14(12-19)10-15(18)17(16)21-9-5-8-13-6-3-2-4-7-13/h2-8,10-11H,9H2,1H3/b8-5+. The van der Waals surface area contributed by atoms with Crippen molar-refractivity contribution in [3.05, 3.63) is 64.1 Å². The first-order chi connectivity index (χ1) is 10.2. The summed E-state index contributed by atoms with van der Waals surface area (Å²) in [6.07, 6.45) is 3.92. The second-order valence-electron chi connectivity index (χ2n) is 4.23. The van der Waals surface area contributed by atoms with Crippen LogP contribution in [0.3, 0.4) is 0 Å². The molecule has 106 valence electrons. The molecule has 0 amide bonds. The van der Waals surface area contributed by atoms with Gasteiger partial charge in [0.05, 0.1) is 23.2 Å². The molecule has 2 aromatic carbocycles. The third kappa shape index (κ3) is 4.11. The van der Waals surface area contributed by atoms with E-state index in [1.54, 1.807) is 19.2 Å². The van der Waals surface area contributed by atoms with Crippen LogP contribution in [-0.4, -0.2) is 13.7 Å². The van der Waals surface area contributed by atoms with Crippen molar-refractivity contribution in [2.24, 2.45) is 0 Å². The summed E-state index contributed by atoms with van der Waals surface area (Å²) in [5.41, 5.74) is 1.64. The highest BCUT2D eigenvalue weighted by Gasteiger charge is 2.10. The average molecular weight is 344 g/mol. The Morgan fingerprint density at radius 1 is 1.24 bits per heavy atom. The normalized spacial score (nSPS) is 10.3. The smallest absolute Gasteiger partial charge is 0.175 e. The predicted octanol–water partition coefficient (Wildman–Crippen LogP) is 4.42. The van der Waals surface area contributed by atoms with Crippen molar-refractivity contribution >= 4 is 22.0 Å². The third-order valence-corrected chi connectivity index (χ3v) is 3.38. The molecule has 0 atom stereocenters. The molecule has 0 N–H and O–H groups in total. The van der Waals surface area contributed by atoms with E-state index in [0.29, 0.717) is 28.1 Å². The van der Waals surface area contributed by atoms with E-state index in [0.717, 1.165) is 5.56 Å². The van der Waals surface area contributed by atoms with Crippen LogP contribution in [0.15, 0.2) is 53.0 Å². The minimum absolute atomic E-state index is 0.412. The number of halogens is 1. The number of nitriles is 1. The second kappa shape index (κ2) is 7.51. The van der Waals surface area contributed by atoms with Crippen molar-refractivity contribution in [2.75, 3.05) is 13.7 Å². The summed E-state index contributed by atoms with van der Waals surface area (Å²) in [5, 5.41) is 8.93. The minimum Gasteiger partial charge on any atom is -0.493 e. The first kappa shape index (κ1) is 15.1. The highest BCUT2D eigenvalue weighted by atomic mass is 79.9. The maximum absolute atomic E-state index is 8.93. The maximum Gasteiger partial charge on any atom is 0.175 e. The van der Waals surface area contributed by atoms with E-state index < -0.39 is 0 Å². The van der Waals surface area contributed by atoms with E-state index in [9.17, 15) is 0 Å². The first-order valence-corrected chi connectivity index (χ1v) is 7.16. The lowest BCUT2D eigenvalue weighted by Crippen LogP contribution is -1.98. The predicted molar refractivity (Wildman–Crippen MR) is 86.4 cm³/mol. The van der Waals surface area contributed by atoms with Crippen molar-refractivity contribution in [3.8, 4) is 17.6 Å². The molecule has 0 aliphatic rings. The quantitative estimate of drug-likeness (QED) is 0.806. The number of benzene rings is 2. The first-order valence-electron chi connectivity index (χ1n) is 6.36. The van der Waals surface area contributed by atoms with Gasteiger partial charge in [0.1, 0.15) is 6.61 Å². The van der Waals surface area contributed by atoms with Gasteiger partial charge in [-0.25, -0.2) is 0 Å². The Labute approximate surface area is 132 Å². The molecule has 0 fully saturated rings. The highest BCUT2D eigenvalue weighted by molar-refractivity contribution is 9.10. The summed E-state index contributed by atoms with van der Waals surface area (Å²) >= 11 is 3.40. The molecule has 0 spiro atoms. The molecule has 0 saturated heterocycles. The Morgan fingerprint density at radius 3 is 2.67 bits per heavy atom. The fraction of sp³-hybridized carbons (Fsp3) is 0.118. The molecule has 4 heteroatoms. The molecule has 0 aliphatic carbocycles. The second-order valence-corrected chi connectivity index (χ2v) is 5.08. The van der Waals surface area contributed by atoms with Gasteiger partial charge in [0.15, 0.2) is 11.5 Å². The lowest BCUT2D eigenvalue weighted by molar-refractivity contribution is 0.324. The van der Waals surface area contributed by atoms with E-state index in [1.807, 2.05) is 42.5 Å². The van der Waals surface area contributed by atoms with Gasteiger partial charge in [-0.2, -0.15) is 5.26 Å². The topological polar surface area (TPSA) is 42.2 Å². The van der Waals surface area contributed by atoms with Crippen LogP contribution in [-0.2, 0) is 0 Å². The van der Waals surface area contributed by atoms with Crippen LogP contribution in [0.5, 0.6) is 11.5 Å². The van der Waals surface area contributed by atoms with Crippen molar-refractivity contribution in [1.82, 2.24) is 0 Å². The van der Waals surface area contributed by atoms with Crippen molar-refractivity contribution in [1.29, 1.82) is 5.26 Å². The fourth-order valence-electron chi connectivity index (χ4n) is 1.80. The van der Waals surface area contributed by atoms with Gasteiger partial charge < -0.3 is 9.47 Å². The van der Waals surface area contributed by atoms with Crippen molar-refractivity contribution < 1.29 is 9.47 Å². The SMILES string of the molecule is COc1cc(C#N)cc(Br)c1OC/C=C/c1ccccc1. The Balaban J connectivity index is 2.07. The van der Waals surface area contributed by atoms with Crippen LogP contribution in [0.4, 0.5) is 0 Å². The molecule has 0 aromatic heterocycles. The van der Waals surface area contributed by atoms with Crippen LogP contribution in [0.2, 0.25) is 0 Å². The van der Waals surface area contributed by atoms with Crippen molar-refractivity contribution in [2.45, 2.75) is 0 Å².